The summed E-state index contributed by atoms with van der Waals surface area (Å²) in [5, 5.41) is 10.6. The van der Waals surface area contributed by atoms with Crippen molar-refractivity contribution >= 4 is 18.2 Å². The summed E-state index contributed by atoms with van der Waals surface area (Å²) in [4.78, 5) is 32.6. The molecule has 0 aliphatic heterocycles. The first-order valence-corrected chi connectivity index (χ1v) is 6.27. The summed E-state index contributed by atoms with van der Waals surface area (Å²) in [5.41, 5.74) is 0. The predicted molar refractivity (Wildman–Crippen MR) is 66.9 cm³/mol. The van der Waals surface area contributed by atoms with E-state index in [1.54, 1.807) is 6.92 Å². The van der Waals surface area contributed by atoms with E-state index in [0.717, 1.165) is 6.29 Å². The summed E-state index contributed by atoms with van der Waals surface area (Å²) in [7, 11) is 5.64. The number of carbonyl (C=O) groups excluding carboxylic acids is 3. The number of hydrogen-bond acceptors (Lipinski definition) is 5. The summed E-state index contributed by atoms with van der Waals surface area (Å²) >= 11 is 0. The van der Waals surface area contributed by atoms with Gasteiger partial charge in [-0.25, -0.2) is 0 Å². The number of esters is 1. The summed E-state index contributed by atoms with van der Waals surface area (Å²) in [6.45, 7) is 2.16. The van der Waals surface area contributed by atoms with Crippen molar-refractivity contribution in [1.29, 1.82) is 0 Å². The molecule has 19 heavy (non-hydrogen) atoms. The molecular formula is C13H23NO5. The average molecular weight is 273 g/mol. The number of quaternary nitrogens is 1. The van der Waals surface area contributed by atoms with Crippen LogP contribution in [0.5, 0.6) is 0 Å². The first kappa shape index (κ1) is 17.6. The molecule has 0 spiro atoms. The highest BCUT2D eigenvalue weighted by atomic mass is 16.5. The lowest BCUT2D eigenvalue weighted by Crippen LogP contribution is -2.45. The number of carbonyl (C=O) groups is 3. The Bertz CT molecular complexity index is 321. The van der Waals surface area contributed by atoms with Crippen LogP contribution in [0.15, 0.2) is 0 Å². The van der Waals surface area contributed by atoms with E-state index in [9.17, 15) is 19.5 Å². The lowest BCUT2D eigenvalue weighted by molar-refractivity contribution is -0.873. The smallest absolute Gasteiger partial charge is 0.306 e. The maximum Gasteiger partial charge on any atom is 0.306 e. The topological polar surface area (TPSA) is 83.5 Å². The van der Waals surface area contributed by atoms with E-state index in [-0.39, 0.29) is 25.2 Å². The van der Waals surface area contributed by atoms with Gasteiger partial charge in [0.15, 0.2) is 6.10 Å². The van der Waals surface area contributed by atoms with Gasteiger partial charge in [-0.15, -0.1) is 0 Å². The molecule has 110 valence electrons. The Kier molecular flexibility index (Phi) is 7.29. The monoisotopic (exact) mass is 273 g/mol. The molecule has 0 aliphatic rings. The molecule has 0 fully saturated rings. The third-order valence-electron chi connectivity index (χ3n) is 2.46. The van der Waals surface area contributed by atoms with E-state index < -0.39 is 18.0 Å². The number of rotatable bonds is 9. The number of hydrogen-bond donors (Lipinski definition) is 0. The van der Waals surface area contributed by atoms with Crippen molar-refractivity contribution in [3.05, 3.63) is 0 Å². The minimum Gasteiger partial charge on any atom is -0.550 e. The van der Waals surface area contributed by atoms with Crippen LogP contribution >= 0.6 is 0 Å². The number of ether oxygens (including phenoxy) is 1. The van der Waals surface area contributed by atoms with Crippen molar-refractivity contribution in [3.8, 4) is 0 Å². The third-order valence-corrected chi connectivity index (χ3v) is 2.46. The summed E-state index contributed by atoms with van der Waals surface area (Å²) in [6, 6.07) is 0. The molecule has 0 aromatic carbocycles. The first-order chi connectivity index (χ1) is 8.64. The highest BCUT2D eigenvalue weighted by molar-refractivity contribution is 5.71. The van der Waals surface area contributed by atoms with Crippen LogP contribution in [0.3, 0.4) is 0 Å². The Labute approximate surface area is 113 Å². The average Bonchev–Trinajstić information content (AvgIpc) is 2.12. The van der Waals surface area contributed by atoms with Gasteiger partial charge in [-0.2, -0.15) is 0 Å². The van der Waals surface area contributed by atoms with Gasteiger partial charge in [0.25, 0.3) is 0 Å². The van der Waals surface area contributed by atoms with Crippen molar-refractivity contribution in [3.63, 3.8) is 0 Å². The van der Waals surface area contributed by atoms with Gasteiger partial charge in [-0.05, 0) is 5.92 Å². The number of aldehydes is 1. The van der Waals surface area contributed by atoms with E-state index >= 15 is 0 Å². The molecule has 0 bridgehead atoms. The normalized spacial score (nSPS) is 14.5. The molecule has 0 N–H and O–H groups in total. The molecular weight excluding hydrogens is 250 g/mol. The van der Waals surface area contributed by atoms with Crippen molar-refractivity contribution < 1.29 is 28.7 Å². The highest BCUT2D eigenvalue weighted by Gasteiger charge is 2.23. The largest absolute Gasteiger partial charge is 0.550 e. The maximum atomic E-state index is 11.6. The fraction of sp³-hybridized carbons (Fsp3) is 0.769. The minimum atomic E-state index is -1.24. The Morgan fingerprint density at radius 3 is 2.26 bits per heavy atom. The van der Waals surface area contributed by atoms with E-state index in [2.05, 4.69) is 0 Å². The Morgan fingerprint density at radius 1 is 1.26 bits per heavy atom. The molecule has 2 atom stereocenters. The second kappa shape index (κ2) is 7.89. The summed E-state index contributed by atoms with van der Waals surface area (Å²) in [5.74, 6) is -1.82. The minimum absolute atomic E-state index is 0.0993. The summed E-state index contributed by atoms with van der Waals surface area (Å²) < 4.78 is 5.64. The second-order valence-electron chi connectivity index (χ2n) is 5.87. The Balaban J connectivity index is 4.42. The van der Waals surface area contributed by atoms with Crippen molar-refractivity contribution in [2.24, 2.45) is 5.92 Å². The molecule has 2 unspecified atom stereocenters. The van der Waals surface area contributed by atoms with Crippen molar-refractivity contribution in [1.82, 2.24) is 0 Å². The van der Waals surface area contributed by atoms with E-state index in [4.69, 9.17) is 4.74 Å². The van der Waals surface area contributed by atoms with Crippen LogP contribution in [0.1, 0.15) is 26.2 Å². The first-order valence-electron chi connectivity index (χ1n) is 6.27. The zero-order chi connectivity index (χ0) is 15.1. The second-order valence-corrected chi connectivity index (χ2v) is 5.87. The number of nitrogens with zero attached hydrogens (tertiary/aromatic N) is 1. The zero-order valence-electron chi connectivity index (χ0n) is 12.0. The number of aliphatic carboxylic acids is 1. The molecule has 0 saturated carbocycles. The number of carboxylic acid groups (broad SMARTS) is 1. The molecule has 0 aromatic heterocycles. The van der Waals surface area contributed by atoms with Gasteiger partial charge in [0.2, 0.25) is 0 Å². The molecule has 6 heteroatoms. The molecule has 0 radical (unpaired) electrons. The van der Waals surface area contributed by atoms with Crippen LogP contribution in [-0.2, 0) is 19.1 Å². The SMILES string of the molecule is CC(CC=O)CC(=O)OC(CC(=O)[O-])C[N+](C)(C)C. The molecule has 6 nitrogen and oxygen atoms in total. The molecule has 0 aromatic rings. The van der Waals surface area contributed by atoms with Crippen LogP contribution in [0, 0.1) is 5.92 Å². The number of carboxylic acids is 1. The molecule has 0 saturated heterocycles. The van der Waals surface area contributed by atoms with E-state index in [1.807, 2.05) is 21.1 Å². The van der Waals surface area contributed by atoms with Gasteiger partial charge < -0.3 is 23.9 Å². The van der Waals surface area contributed by atoms with Crippen LogP contribution in [0.25, 0.3) is 0 Å². The molecule has 0 rings (SSSR count). The lowest BCUT2D eigenvalue weighted by atomic mass is 10.1. The summed E-state index contributed by atoms with van der Waals surface area (Å²) in [6.07, 6.45) is 0.127. The van der Waals surface area contributed by atoms with Gasteiger partial charge in [0.05, 0.1) is 21.1 Å². The predicted octanol–water partition coefficient (Wildman–Crippen LogP) is -0.640. The van der Waals surface area contributed by atoms with E-state index in [1.165, 1.54) is 0 Å². The highest BCUT2D eigenvalue weighted by Crippen LogP contribution is 2.11. The zero-order valence-corrected chi connectivity index (χ0v) is 12.0. The van der Waals surface area contributed by atoms with Crippen LogP contribution in [0.4, 0.5) is 0 Å². The molecule has 0 aliphatic carbocycles. The van der Waals surface area contributed by atoms with Gasteiger partial charge in [0, 0.05) is 25.2 Å². The van der Waals surface area contributed by atoms with Crippen LogP contribution < -0.4 is 5.11 Å². The molecule has 0 amide bonds. The van der Waals surface area contributed by atoms with Crippen LogP contribution in [0.2, 0.25) is 0 Å². The Morgan fingerprint density at radius 2 is 1.84 bits per heavy atom. The third kappa shape index (κ3) is 10.2. The van der Waals surface area contributed by atoms with Gasteiger partial charge in [-0.1, -0.05) is 6.92 Å². The van der Waals surface area contributed by atoms with Gasteiger partial charge in [0.1, 0.15) is 12.8 Å². The fourth-order valence-electron chi connectivity index (χ4n) is 1.71. The van der Waals surface area contributed by atoms with E-state index in [0.29, 0.717) is 11.0 Å². The lowest BCUT2D eigenvalue weighted by Gasteiger charge is -2.29. The van der Waals surface area contributed by atoms with Crippen molar-refractivity contribution in [2.75, 3.05) is 27.7 Å². The maximum absolute atomic E-state index is 11.6. The van der Waals surface area contributed by atoms with Crippen molar-refractivity contribution in [2.45, 2.75) is 32.3 Å². The number of likely N-dealkylation sites (N-methyl/N-ethyl adjacent to an activating group) is 1. The van der Waals surface area contributed by atoms with Crippen LogP contribution in [-0.4, -0.2) is 56.5 Å². The quantitative estimate of drug-likeness (QED) is 0.317. The van der Waals surface area contributed by atoms with Gasteiger partial charge >= 0.3 is 5.97 Å². The fourth-order valence-corrected chi connectivity index (χ4v) is 1.71. The van der Waals surface area contributed by atoms with Gasteiger partial charge in [-0.3, -0.25) is 4.79 Å². The Hall–Kier alpha value is -1.43. The molecule has 0 heterocycles. The standard InChI is InChI=1S/C13H23NO5/c1-10(5-6-15)7-13(18)19-11(8-12(16)17)9-14(2,3)4/h6,10-11H,5,7-9H2,1-4H3.